The molecule has 0 bridgehead atoms. The highest BCUT2D eigenvalue weighted by Gasteiger charge is 2.19. The van der Waals surface area contributed by atoms with Crippen LogP contribution < -0.4 is 0 Å². The summed E-state index contributed by atoms with van der Waals surface area (Å²) in [5.74, 6) is -0.998. The molecule has 0 aromatic rings. The third-order valence-corrected chi connectivity index (χ3v) is 13.0. The van der Waals surface area contributed by atoms with Crippen molar-refractivity contribution in [3.8, 4) is 0 Å². The van der Waals surface area contributed by atoms with Crippen LogP contribution in [-0.2, 0) is 28.6 Å². The van der Waals surface area contributed by atoms with Crippen molar-refractivity contribution >= 4 is 17.9 Å². The Morgan fingerprint density at radius 3 is 0.823 bits per heavy atom. The largest absolute Gasteiger partial charge is 0.462 e. The maximum absolute atomic E-state index is 12.9. The highest BCUT2D eigenvalue weighted by Crippen LogP contribution is 2.15. The van der Waals surface area contributed by atoms with Gasteiger partial charge in [0.25, 0.3) is 0 Å². The standard InChI is InChI=1S/C73H116O6/c1-4-7-10-13-16-19-22-25-28-30-31-32-33-34-35-36-37-38-39-40-41-43-45-48-51-54-57-60-63-66-72(75)78-69-70(68-77-71(74)65-62-59-56-53-50-47-44-27-24-21-18-15-12-9-6-3)79-73(76)67-64-61-58-55-52-49-46-42-29-26-23-20-17-14-11-8-5-2/h7-8,10-11,16-17,19-20,25-26,28-29,31-32,34-35,37-38,40-41,45-46,48-49,54,57,70H,4-6,9,12-15,18,21-24,27,30,33,36,39,42-44,47,50-53,55-56,58-69H2,1-3H3/b10-7-,11-8-,19-16-,20-17-,28-25-,29-26-,32-31-,35-34-,38-37-,41-40-,48-45-,49-46-,57-54-. The van der Waals surface area contributed by atoms with Crippen LogP contribution in [0.15, 0.2) is 158 Å². The third-order valence-electron chi connectivity index (χ3n) is 13.0. The number of hydrogen-bond acceptors (Lipinski definition) is 6. The molecule has 0 N–H and O–H groups in total. The number of ether oxygens (including phenoxy) is 3. The van der Waals surface area contributed by atoms with Crippen molar-refractivity contribution in [3.63, 3.8) is 0 Å². The Morgan fingerprint density at radius 1 is 0.266 bits per heavy atom. The lowest BCUT2D eigenvalue weighted by Gasteiger charge is -2.18. The molecule has 0 aliphatic heterocycles. The van der Waals surface area contributed by atoms with Crippen LogP contribution in [-0.4, -0.2) is 37.2 Å². The van der Waals surface area contributed by atoms with E-state index in [2.05, 4.69) is 179 Å². The maximum Gasteiger partial charge on any atom is 0.306 e. The average Bonchev–Trinajstić information content (AvgIpc) is 3.45. The van der Waals surface area contributed by atoms with E-state index in [1.807, 2.05) is 0 Å². The Bertz CT molecular complexity index is 1780. The second kappa shape index (κ2) is 65.5. The molecule has 0 aliphatic carbocycles. The van der Waals surface area contributed by atoms with Crippen LogP contribution >= 0.6 is 0 Å². The van der Waals surface area contributed by atoms with Crippen LogP contribution in [0.1, 0.15) is 265 Å². The summed E-state index contributed by atoms with van der Waals surface area (Å²) in [7, 11) is 0. The van der Waals surface area contributed by atoms with Crippen LogP contribution in [0.4, 0.5) is 0 Å². The number of carbonyl (C=O) groups is 3. The van der Waals surface area contributed by atoms with Gasteiger partial charge in [0.1, 0.15) is 13.2 Å². The molecule has 79 heavy (non-hydrogen) atoms. The first kappa shape index (κ1) is 74.0. The Balaban J connectivity index is 4.50. The average molecular weight is 1090 g/mol. The van der Waals surface area contributed by atoms with Gasteiger partial charge < -0.3 is 14.2 Å². The lowest BCUT2D eigenvalue weighted by atomic mass is 10.0. The highest BCUT2D eigenvalue weighted by atomic mass is 16.6. The van der Waals surface area contributed by atoms with Crippen LogP contribution in [0, 0.1) is 0 Å². The molecule has 0 fully saturated rings. The first-order valence-electron chi connectivity index (χ1n) is 32.0. The van der Waals surface area contributed by atoms with Gasteiger partial charge in [0, 0.05) is 19.3 Å². The zero-order valence-corrected chi connectivity index (χ0v) is 50.8. The molecule has 0 amide bonds. The number of esters is 3. The first-order valence-corrected chi connectivity index (χ1v) is 32.0. The lowest BCUT2D eigenvalue weighted by Crippen LogP contribution is -2.30. The minimum atomic E-state index is -0.821. The molecule has 1 unspecified atom stereocenters. The van der Waals surface area contributed by atoms with Crippen molar-refractivity contribution in [2.45, 2.75) is 271 Å². The van der Waals surface area contributed by atoms with E-state index in [1.54, 1.807) is 0 Å². The number of rotatable bonds is 56. The SMILES string of the molecule is CC/C=C\C/C=C\C/C=C\C/C=C\C/C=C\C/C=C\C/C=C\C/C=C\C/C=C\CCCC(=O)OCC(COC(=O)CCCCCCCCCCCCCCCCC)OC(=O)CCCCCC/C=C\C/C=C\C/C=C\C/C=C\CC. The topological polar surface area (TPSA) is 78.9 Å². The fourth-order valence-electron chi connectivity index (χ4n) is 8.32. The van der Waals surface area contributed by atoms with Gasteiger partial charge in [-0.1, -0.05) is 281 Å². The van der Waals surface area contributed by atoms with Crippen molar-refractivity contribution in [1.82, 2.24) is 0 Å². The van der Waals surface area contributed by atoms with Gasteiger partial charge in [-0.25, -0.2) is 0 Å². The van der Waals surface area contributed by atoms with E-state index in [4.69, 9.17) is 14.2 Å². The molecule has 0 aromatic carbocycles. The van der Waals surface area contributed by atoms with Crippen LogP contribution in [0.5, 0.6) is 0 Å². The van der Waals surface area contributed by atoms with Gasteiger partial charge in [0.2, 0.25) is 0 Å². The zero-order chi connectivity index (χ0) is 57.1. The molecular weight excluding hydrogens is 973 g/mol. The van der Waals surface area contributed by atoms with Gasteiger partial charge in [0.05, 0.1) is 0 Å². The lowest BCUT2D eigenvalue weighted by molar-refractivity contribution is -0.167. The molecule has 0 radical (unpaired) electrons. The predicted octanol–water partition coefficient (Wildman–Crippen LogP) is 22.1. The number of hydrogen-bond donors (Lipinski definition) is 0. The minimum absolute atomic E-state index is 0.110. The molecular formula is C73H116O6. The second-order valence-corrected chi connectivity index (χ2v) is 20.6. The van der Waals surface area contributed by atoms with Crippen LogP contribution in [0.3, 0.4) is 0 Å². The molecule has 1 atom stereocenters. The molecule has 0 saturated carbocycles. The summed E-state index contributed by atoms with van der Waals surface area (Å²) in [5.41, 5.74) is 0. The minimum Gasteiger partial charge on any atom is -0.462 e. The quantitative estimate of drug-likeness (QED) is 0.0261. The van der Waals surface area contributed by atoms with Gasteiger partial charge in [-0.3, -0.25) is 14.4 Å². The van der Waals surface area contributed by atoms with Crippen LogP contribution in [0.2, 0.25) is 0 Å². The van der Waals surface area contributed by atoms with Gasteiger partial charge in [0.15, 0.2) is 6.10 Å². The van der Waals surface area contributed by atoms with Gasteiger partial charge in [-0.2, -0.15) is 0 Å². The van der Waals surface area contributed by atoms with E-state index < -0.39 is 6.10 Å². The molecule has 0 saturated heterocycles. The Kier molecular flexibility index (Phi) is 61.4. The summed E-state index contributed by atoms with van der Waals surface area (Å²) in [5, 5.41) is 0. The van der Waals surface area contributed by atoms with Crippen molar-refractivity contribution in [3.05, 3.63) is 158 Å². The van der Waals surface area contributed by atoms with E-state index in [0.29, 0.717) is 12.8 Å². The molecule has 444 valence electrons. The van der Waals surface area contributed by atoms with Gasteiger partial charge in [-0.05, 0) is 122 Å². The summed E-state index contributed by atoms with van der Waals surface area (Å²) in [6.45, 7) is 6.35. The highest BCUT2D eigenvalue weighted by molar-refractivity contribution is 5.71. The second-order valence-electron chi connectivity index (χ2n) is 20.6. The molecule has 0 aliphatic rings. The van der Waals surface area contributed by atoms with Crippen molar-refractivity contribution < 1.29 is 28.6 Å². The zero-order valence-electron chi connectivity index (χ0n) is 50.8. The molecule has 0 spiro atoms. The number of carbonyl (C=O) groups excluding carboxylic acids is 3. The van der Waals surface area contributed by atoms with Crippen molar-refractivity contribution in [2.75, 3.05) is 13.2 Å². The van der Waals surface area contributed by atoms with E-state index in [1.165, 1.54) is 77.0 Å². The first-order chi connectivity index (χ1) is 39.0. The van der Waals surface area contributed by atoms with E-state index in [9.17, 15) is 14.4 Å². The maximum atomic E-state index is 12.9. The third kappa shape index (κ3) is 63.7. The van der Waals surface area contributed by atoms with E-state index in [0.717, 1.165) is 141 Å². The molecule has 0 rings (SSSR count). The van der Waals surface area contributed by atoms with Gasteiger partial charge >= 0.3 is 17.9 Å². The fourth-order valence-corrected chi connectivity index (χ4v) is 8.32. The summed E-state index contributed by atoms with van der Waals surface area (Å²) in [6, 6.07) is 0. The van der Waals surface area contributed by atoms with E-state index >= 15 is 0 Å². The van der Waals surface area contributed by atoms with E-state index in [-0.39, 0.29) is 44.0 Å². The Labute approximate surface area is 486 Å². The molecule has 6 nitrogen and oxygen atoms in total. The molecule has 0 aromatic heterocycles. The summed E-state index contributed by atoms with van der Waals surface area (Å²) in [4.78, 5) is 38.3. The normalized spacial score (nSPS) is 13.2. The number of unbranched alkanes of at least 4 members (excludes halogenated alkanes) is 19. The smallest absolute Gasteiger partial charge is 0.306 e. The number of allylic oxidation sites excluding steroid dienone is 26. The summed E-state index contributed by atoms with van der Waals surface area (Å²) in [6.07, 6.45) is 95.4. The van der Waals surface area contributed by atoms with Crippen LogP contribution in [0.25, 0.3) is 0 Å². The monoisotopic (exact) mass is 1090 g/mol. The summed E-state index contributed by atoms with van der Waals surface area (Å²) < 4.78 is 16.8. The van der Waals surface area contributed by atoms with Crippen molar-refractivity contribution in [2.24, 2.45) is 0 Å². The molecule has 6 heteroatoms. The predicted molar refractivity (Wildman–Crippen MR) is 343 cm³/mol. The molecule has 0 heterocycles. The Morgan fingerprint density at radius 2 is 0.506 bits per heavy atom. The Hall–Kier alpha value is -4.97. The fraction of sp³-hybridized carbons (Fsp3) is 0.603. The van der Waals surface area contributed by atoms with Gasteiger partial charge in [-0.15, -0.1) is 0 Å². The van der Waals surface area contributed by atoms with Crippen molar-refractivity contribution in [1.29, 1.82) is 0 Å². The summed E-state index contributed by atoms with van der Waals surface area (Å²) >= 11 is 0.